The molecule has 0 heterocycles. The third-order valence-corrected chi connectivity index (χ3v) is 5.68. The second kappa shape index (κ2) is 5.98. The Labute approximate surface area is 111 Å². The van der Waals surface area contributed by atoms with Crippen LogP contribution in [0.5, 0.6) is 0 Å². The summed E-state index contributed by atoms with van der Waals surface area (Å²) in [6.07, 6.45) is -0.550. The molecule has 1 N–H and O–H groups in total. The molecular formula is C12H17BrO3S. The number of hydrogen-bond acceptors (Lipinski definition) is 3. The Morgan fingerprint density at radius 3 is 2.18 bits per heavy atom. The number of hydrogen-bond donors (Lipinski definition) is 1. The summed E-state index contributed by atoms with van der Waals surface area (Å²) in [4.78, 5) is 0. The van der Waals surface area contributed by atoms with Gasteiger partial charge in [0.25, 0.3) is 0 Å². The highest BCUT2D eigenvalue weighted by atomic mass is 79.9. The van der Waals surface area contributed by atoms with Gasteiger partial charge in [-0.15, -0.1) is 0 Å². The molecule has 0 spiro atoms. The van der Waals surface area contributed by atoms with Crippen molar-refractivity contribution in [2.45, 2.75) is 31.6 Å². The minimum atomic E-state index is -3.23. The fraction of sp³-hybridized carbons (Fsp3) is 0.500. The molecule has 0 amide bonds. The van der Waals surface area contributed by atoms with Gasteiger partial charge in [0.1, 0.15) is 0 Å². The van der Waals surface area contributed by atoms with E-state index in [2.05, 4.69) is 15.9 Å². The molecule has 0 saturated carbocycles. The second-order valence-corrected chi connectivity index (χ2v) is 7.32. The molecule has 0 bridgehead atoms. The lowest BCUT2D eigenvalue weighted by Crippen LogP contribution is -2.29. The Morgan fingerprint density at radius 1 is 1.24 bits per heavy atom. The largest absolute Gasteiger partial charge is 0.387 e. The number of rotatable bonds is 5. The SMILES string of the molecule is CC[C@@H]([C@@H](O)c1ccc(Br)cc1)S(=O)(=O)CC. The van der Waals surface area contributed by atoms with Crippen molar-refractivity contribution in [1.29, 1.82) is 0 Å². The lowest BCUT2D eigenvalue weighted by atomic mass is 10.1. The van der Waals surface area contributed by atoms with E-state index in [1.54, 1.807) is 38.1 Å². The van der Waals surface area contributed by atoms with E-state index in [1.165, 1.54) is 0 Å². The molecule has 0 fully saturated rings. The third kappa shape index (κ3) is 3.53. The maximum Gasteiger partial charge on any atom is 0.155 e. The molecule has 0 unspecified atom stereocenters. The zero-order chi connectivity index (χ0) is 13.1. The van der Waals surface area contributed by atoms with Crippen molar-refractivity contribution in [3.63, 3.8) is 0 Å². The molecule has 1 aromatic rings. The van der Waals surface area contributed by atoms with E-state index in [1.807, 2.05) is 0 Å². The van der Waals surface area contributed by atoms with Gasteiger partial charge in [-0.05, 0) is 24.1 Å². The van der Waals surface area contributed by atoms with Gasteiger partial charge in [0.05, 0.1) is 11.4 Å². The van der Waals surface area contributed by atoms with E-state index in [-0.39, 0.29) is 5.75 Å². The Kier molecular flexibility index (Phi) is 5.16. The van der Waals surface area contributed by atoms with Gasteiger partial charge in [0.2, 0.25) is 0 Å². The number of halogens is 1. The molecular weight excluding hydrogens is 304 g/mol. The summed E-state index contributed by atoms with van der Waals surface area (Å²) in [7, 11) is -3.23. The van der Waals surface area contributed by atoms with E-state index in [9.17, 15) is 13.5 Å². The molecule has 1 rings (SSSR count). The third-order valence-electron chi connectivity index (χ3n) is 2.83. The molecule has 1 aromatic carbocycles. The number of aliphatic hydroxyl groups excluding tert-OH is 1. The molecule has 96 valence electrons. The molecule has 3 nitrogen and oxygen atoms in total. The van der Waals surface area contributed by atoms with E-state index in [4.69, 9.17) is 0 Å². The Bertz CT molecular complexity index is 453. The highest BCUT2D eigenvalue weighted by Crippen LogP contribution is 2.26. The molecule has 0 aliphatic carbocycles. The minimum Gasteiger partial charge on any atom is -0.387 e. The first-order chi connectivity index (χ1) is 7.92. The molecule has 0 radical (unpaired) electrons. The normalized spacial score (nSPS) is 15.5. The Balaban J connectivity index is 3.02. The average molecular weight is 321 g/mol. The van der Waals surface area contributed by atoms with Crippen molar-refractivity contribution >= 4 is 25.8 Å². The van der Waals surface area contributed by atoms with Gasteiger partial charge in [-0.2, -0.15) is 0 Å². The van der Waals surface area contributed by atoms with Crippen molar-refractivity contribution in [3.8, 4) is 0 Å². The van der Waals surface area contributed by atoms with Crippen LogP contribution in [0, 0.1) is 0 Å². The van der Waals surface area contributed by atoms with Crippen LogP contribution in [0.1, 0.15) is 31.9 Å². The molecule has 0 aliphatic rings. The standard InChI is InChI=1S/C12H17BrO3S/c1-3-11(17(15,16)4-2)12(14)9-5-7-10(13)8-6-9/h5-8,11-12,14H,3-4H2,1-2H3/t11-,12-/m0/s1. The highest BCUT2D eigenvalue weighted by Gasteiger charge is 2.30. The summed E-state index contributed by atoms with van der Waals surface area (Å²) in [6.45, 7) is 3.38. The van der Waals surface area contributed by atoms with Crippen LogP contribution in [0.3, 0.4) is 0 Å². The van der Waals surface area contributed by atoms with Crippen LogP contribution in [0.15, 0.2) is 28.7 Å². The van der Waals surface area contributed by atoms with Crippen LogP contribution in [0.4, 0.5) is 0 Å². The zero-order valence-corrected chi connectivity index (χ0v) is 12.3. The van der Waals surface area contributed by atoms with Crippen LogP contribution in [-0.2, 0) is 9.84 Å². The van der Waals surface area contributed by atoms with Crippen molar-refractivity contribution in [2.75, 3.05) is 5.75 Å². The van der Waals surface area contributed by atoms with Gasteiger partial charge in [-0.25, -0.2) is 8.42 Å². The first-order valence-electron chi connectivity index (χ1n) is 5.57. The summed E-state index contributed by atoms with van der Waals surface area (Å²) >= 11 is 3.30. The first kappa shape index (κ1) is 14.7. The smallest absolute Gasteiger partial charge is 0.155 e. The van der Waals surface area contributed by atoms with E-state index in [0.29, 0.717) is 12.0 Å². The summed E-state index contributed by atoms with van der Waals surface area (Å²) in [6, 6.07) is 7.07. The van der Waals surface area contributed by atoms with Gasteiger partial charge in [-0.1, -0.05) is 41.9 Å². The second-order valence-electron chi connectivity index (χ2n) is 3.89. The minimum absolute atomic E-state index is 0.0547. The molecule has 0 aliphatic heterocycles. The molecule has 17 heavy (non-hydrogen) atoms. The average Bonchev–Trinajstić information content (AvgIpc) is 2.30. The Morgan fingerprint density at radius 2 is 1.76 bits per heavy atom. The number of aliphatic hydroxyl groups is 1. The lowest BCUT2D eigenvalue weighted by Gasteiger charge is -2.21. The van der Waals surface area contributed by atoms with Crippen LogP contribution in [-0.4, -0.2) is 24.5 Å². The highest BCUT2D eigenvalue weighted by molar-refractivity contribution is 9.10. The zero-order valence-electron chi connectivity index (χ0n) is 9.93. The molecule has 5 heteroatoms. The van der Waals surface area contributed by atoms with Crippen molar-refractivity contribution < 1.29 is 13.5 Å². The van der Waals surface area contributed by atoms with Crippen LogP contribution in [0.25, 0.3) is 0 Å². The van der Waals surface area contributed by atoms with Gasteiger partial charge >= 0.3 is 0 Å². The fourth-order valence-electron chi connectivity index (χ4n) is 1.76. The van der Waals surface area contributed by atoms with Crippen molar-refractivity contribution in [1.82, 2.24) is 0 Å². The van der Waals surface area contributed by atoms with Gasteiger partial charge in [0, 0.05) is 10.2 Å². The topological polar surface area (TPSA) is 54.4 Å². The number of sulfone groups is 1. The number of benzene rings is 1. The van der Waals surface area contributed by atoms with E-state index < -0.39 is 21.2 Å². The summed E-state index contributed by atoms with van der Waals surface area (Å²) in [5, 5.41) is 9.42. The maximum absolute atomic E-state index is 11.8. The van der Waals surface area contributed by atoms with Crippen molar-refractivity contribution in [2.24, 2.45) is 0 Å². The fourth-order valence-corrected chi connectivity index (χ4v) is 3.51. The van der Waals surface area contributed by atoms with Gasteiger partial charge in [0.15, 0.2) is 9.84 Å². The van der Waals surface area contributed by atoms with E-state index in [0.717, 1.165) is 4.47 Å². The first-order valence-corrected chi connectivity index (χ1v) is 8.08. The summed E-state index contributed by atoms with van der Waals surface area (Å²) in [5.41, 5.74) is 0.636. The predicted octanol–water partition coefficient (Wildman–Crippen LogP) is 2.70. The van der Waals surface area contributed by atoms with Gasteiger partial charge in [-0.3, -0.25) is 0 Å². The van der Waals surface area contributed by atoms with Crippen LogP contribution >= 0.6 is 15.9 Å². The van der Waals surface area contributed by atoms with Gasteiger partial charge < -0.3 is 5.11 Å². The van der Waals surface area contributed by atoms with Crippen LogP contribution in [0.2, 0.25) is 0 Å². The molecule has 0 aromatic heterocycles. The quantitative estimate of drug-likeness (QED) is 0.907. The van der Waals surface area contributed by atoms with Crippen molar-refractivity contribution in [3.05, 3.63) is 34.3 Å². The molecule has 2 atom stereocenters. The maximum atomic E-state index is 11.8. The lowest BCUT2D eigenvalue weighted by molar-refractivity contribution is 0.169. The van der Waals surface area contributed by atoms with E-state index >= 15 is 0 Å². The predicted molar refractivity (Wildman–Crippen MR) is 72.6 cm³/mol. The molecule has 0 saturated heterocycles. The van der Waals surface area contributed by atoms with Crippen LogP contribution < -0.4 is 0 Å². The Hall–Kier alpha value is -0.390. The summed E-state index contributed by atoms with van der Waals surface area (Å²) < 4.78 is 24.6. The monoisotopic (exact) mass is 320 g/mol. The summed E-state index contributed by atoms with van der Waals surface area (Å²) in [5.74, 6) is 0.0547.